The SMILES string of the molecule is NC(=O)c1nc(Cn2nc(-c3ccc(Cl)cc3)n(C[CH-]C(F)(F)F)c2=O)nn1-c1ccccc1C(F)(F)F.O=P(O)(O)O.[K+]. The summed E-state index contributed by atoms with van der Waals surface area (Å²) in [5.74, 6) is -2.36. The van der Waals surface area contributed by atoms with Crippen molar-refractivity contribution in [2.45, 2.75) is 25.4 Å². The molecule has 0 aliphatic heterocycles. The summed E-state index contributed by atoms with van der Waals surface area (Å²) in [6.45, 7) is -1.48. The number of hydrogen-bond acceptors (Lipinski definition) is 6. The van der Waals surface area contributed by atoms with Crippen LogP contribution in [0.5, 0.6) is 0 Å². The Hall–Kier alpha value is -2.39. The van der Waals surface area contributed by atoms with Gasteiger partial charge >= 0.3 is 71.1 Å². The first kappa shape index (κ1) is 37.8. The van der Waals surface area contributed by atoms with E-state index in [4.69, 9.17) is 36.6 Å². The van der Waals surface area contributed by atoms with Gasteiger partial charge in [-0.05, 0) is 36.4 Å². The molecule has 0 spiro atoms. The number of carbonyl (C=O) groups excluding carboxylic acids is 1. The number of carbonyl (C=O) groups is 1. The molecule has 0 aliphatic carbocycles. The Morgan fingerprint density at radius 1 is 1.00 bits per heavy atom. The van der Waals surface area contributed by atoms with Crippen molar-refractivity contribution >= 4 is 25.3 Å². The molecule has 2 heterocycles. The van der Waals surface area contributed by atoms with Crippen molar-refractivity contribution in [3.63, 3.8) is 0 Å². The minimum atomic E-state index is -4.81. The maximum Gasteiger partial charge on any atom is 1.00 e. The van der Waals surface area contributed by atoms with E-state index < -0.39 is 61.9 Å². The number of hydrogen-bond donors (Lipinski definition) is 4. The Labute approximate surface area is 289 Å². The second-order valence-electron chi connectivity index (χ2n) is 8.28. The molecular formula is C22H18ClF6KN7O6P. The monoisotopic (exact) mass is 695 g/mol. The molecule has 0 bridgehead atoms. The van der Waals surface area contributed by atoms with Gasteiger partial charge in [0, 0.05) is 10.6 Å². The molecule has 0 saturated heterocycles. The summed E-state index contributed by atoms with van der Waals surface area (Å²) in [7, 11) is -4.64. The number of rotatable bonds is 7. The topological polar surface area (TPSA) is 191 Å². The maximum atomic E-state index is 13.5. The zero-order valence-electron chi connectivity index (χ0n) is 22.0. The number of nitrogens with two attached hydrogens (primary N) is 1. The van der Waals surface area contributed by atoms with Crippen LogP contribution in [-0.2, 0) is 23.8 Å². The summed E-state index contributed by atoms with van der Waals surface area (Å²) in [6, 6.07) is 9.98. The van der Waals surface area contributed by atoms with Crippen molar-refractivity contribution in [1.29, 1.82) is 0 Å². The van der Waals surface area contributed by atoms with E-state index in [-0.39, 0.29) is 75.0 Å². The van der Waals surface area contributed by atoms with Crippen LogP contribution in [0.3, 0.4) is 0 Å². The zero-order chi connectivity index (χ0) is 32.3. The Kier molecular flexibility index (Phi) is 12.7. The van der Waals surface area contributed by atoms with Crippen LogP contribution in [-0.4, -0.2) is 55.9 Å². The molecule has 0 atom stereocenters. The van der Waals surface area contributed by atoms with Gasteiger partial charge in [0.2, 0.25) is 5.82 Å². The van der Waals surface area contributed by atoms with E-state index in [1.54, 1.807) is 0 Å². The molecule has 5 N–H and O–H groups in total. The molecule has 1 amide bonds. The van der Waals surface area contributed by atoms with Crippen molar-refractivity contribution in [2.75, 3.05) is 0 Å². The number of amides is 1. The molecule has 0 aliphatic rings. The summed E-state index contributed by atoms with van der Waals surface area (Å²) in [5.41, 5.74) is 2.87. The van der Waals surface area contributed by atoms with E-state index >= 15 is 0 Å². The third-order valence-corrected chi connectivity index (χ3v) is 5.38. The molecular weight excluding hydrogens is 678 g/mol. The van der Waals surface area contributed by atoms with Crippen LogP contribution in [0.25, 0.3) is 17.1 Å². The molecule has 232 valence electrons. The summed E-state index contributed by atoms with van der Waals surface area (Å²) >= 11 is 5.86. The Morgan fingerprint density at radius 3 is 2.09 bits per heavy atom. The maximum absolute atomic E-state index is 13.5. The van der Waals surface area contributed by atoms with Crippen molar-refractivity contribution in [2.24, 2.45) is 5.73 Å². The van der Waals surface area contributed by atoms with Crippen LogP contribution in [0.15, 0.2) is 53.3 Å². The van der Waals surface area contributed by atoms with Gasteiger partial charge in [-0.1, -0.05) is 30.3 Å². The third-order valence-electron chi connectivity index (χ3n) is 5.13. The first-order chi connectivity index (χ1) is 19.7. The summed E-state index contributed by atoms with van der Waals surface area (Å²) in [5, 5.41) is 8.31. The van der Waals surface area contributed by atoms with Crippen LogP contribution in [0.4, 0.5) is 26.3 Å². The normalized spacial score (nSPS) is 11.9. The average Bonchev–Trinajstić information content (AvgIpc) is 3.43. The first-order valence-electron chi connectivity index (χ1n) is 11.3. The minimum Gasteiger partial charge on any atom is -0.363 e. The number of nitrogens with zero attached hydrogens (tertiary/aromatic N) is 6. The molecule has 0 fully saturated rings. The van der Waals surface area contributed by atoms with E-state index in [2.05, 4.69) is 15.2 Å². The van der Waals surface area contributed by atoms with Crippen molar-refractivity contribution in [1.82, 2.24) is 29.1 Å². The van der Waals surface area contributed by atoms with Crippen molar-refractivity contribution in [3.8, 4) is 17.1 Å². The quantitative estimate of drug-likeness (QED) is 0.0889. The molecule has 4 aromatic rings. The van der Waals surface area contributed by atoms with Gasteiger partial charge in [-0.15, -0.1) is 10.2 Å². The van der Waals surface area contributed by atoms with E-state index in [1.165, 1.54) is 30.3 Å². The van der Waals surface area contributed by atoms with Crippen LogP contribution in [0, 0.1) is 6.42 Å². The van der Waals surface area contributed by atoms with Gasteiger partial charge < -0.3 is 25.0 Å². The summed E-state index contributed by atoms with van der Waals surface area (Å²) in [4.78, 5) is 50.3. The van der Waals surface area contributed by atoms with Crippen LogP contribution >= 0.6 is 19.4 Å². The zero-order valence-corrected chi connectivity index (χ0v) is 26.8. The molecule has 4 rings (SSSR count). The minimum absolute atomic E-state index is 0. The molecule has 22 heteroatoms. The predicted octanol–water partition coefficient (Wildman–Crippen LogP) is -0.0461. The fraction of sp³-hybridized carbons (Fsp3) is 0.182. The van der Waals surface area contributed by atoms with E-state index in [0.717, 1.165) is 22.8 Å². The number of aromatic nitrogens is 6. The number of halogens is 7. The number of para-hydroxylation sites is 1. The molecule has 2 aromatic carbocycles. The van der Waals surface area contributed by atoms with Gasteiger partial charge in [-0.3, -0.25) is 4.79 Å². The second-order valence-corrected chi connectivity index (χ2v) is 9.75. The smallest absolute Gasteiger partial charge is 0.363 e. The molecule has 0 unspecified atom stereocenters. The third kappa shape index (κ3) is 10.6. The molecule has 2 aromatic heterocycles. The predicted molar refractivity (Wildman–Crippen MR) is 136 cm³/mol. The molecule has 0 radical (unpaired) electrons. The summed E-state index contributed by atoms with van der Waals surface area (Å²) in [6.07, 6.45) is -9.55. The van der Waals surface area contributed by atoms with Gasteiger partial charge in [0.05, 0.1) is 11.3 Å². The van der Waals surface area contributed by atoms with E-state index in [9.17, 15) is 35.9 Å². The van der Waals surface area contributed by atoms with Crippen molar-refractivity contribution in [3.05, 3.63) is 87.7 Å². The molecule has 0 saturated carbocycles. The fourth-order valence-corrected chi connectivity index (χ4v) is 3.62. The van der Waals surface area contributed by atoms with Crippen molar-refractivity contribution < 1.29 is 102 Å². The van der Waals surface area contributed by atoms with E-state index in [0.29, 0.717) is 14.4 Å². The van der Waals surface area contributed by atoms with Gasteiger partial charge in [-0.2, -0.15) is 13.2 Å². The average molecular weight is 696 g/mol. The Morgan fingerprint density at radius 2 is 1.57 bits per heavy atom. The molecule has 44 heavy (non-hydrogen) atoms. The first-order valence-corrected chi connectivity index (χ1v) is 13.2. The van der Waals surface area contributed by atoms with Gasteiger partial charge in [0.25, 0.3) is 12.1 Å². The summed E-state index contributed by atoms with van der Waals surface area (Å²) < 4.78 is 90.1. The number of primary amides is 1. The van der Waals surface area contributed by atoms with Gasteiger partial charge in [0.1, 0.15) is 6.54 Å². The second kappa shape index (κ2) is 14.8. The molecule has 13 nitrogen and oxygen atoms in total. The van der Waals surface area contributed by atoms with Crippen LogP contribution in [0.1, 0.15) is 22.0 Å². The van der Waals surface area contributed by atoms with Gasteiger partial charge in [0.15, 0.2) is 11.6 Å². The fourth-order valence-electron chi connectivity index (χ4n) is 3.50. The van der Waals surface area contributed by atoms with E-state index in [1.807, 2.05) is 0 Å². The van der Waals surface area contributed by atoms with Crippen LogP contribution in [0.2, 0.25) is 5.02 Å². The number of alkyl halides is 6. The van der Waals surface area contributed by atoms with Crippen LogP contribution < -0.4 is 62.8 Å². The standard InChI is InChI=1S/C22H15ClF6N7O2.K.H3O4P/c23-13-7-5-12(6-8-13)18-33-35(20(38)34(18)10-9-21(24,25)26)11-16-31-19(17(30)37)36(32-16)15-4-2-1-3-14(15)22(27,28)29;;1-5(2,3)4/h1-9H,10-11H2,(H2,30,37);;(H3,1,2,3,4)/q-1;+1;. The largest absolute Gasteiger partial charge is 1.00 e. The van der Waals surface area contributed by atoms with Gasteiger partial charge in [-0.25, -0.2) is 43.3 Å². The number of phosphoric acid groups is 1. The Balaban J connectivity index is 0.00000104. The number of benzene rings is 2. The Bertz CT molecular complexity index is 1710.